The van der Waals surface area contributed by atoms with Crippen LogP contribution in [-0.2, 0) is 13.1 Å². The maximum atomic E-state index is 11.1. The minimum absolute atomic E-state index is 0.209. The van der Waals surface area contributed by atoms with Crippen molar-refractivity contribution in [3.05, 3.63) is 74.8 Å². The second kappa shape index (κ2) is 7.75. The first-order chi connectivity index (χ1) is 11.6. The van der Waals surface area contributed by atoms with E-state index in [9.17, 15) is 10.1 Å². The molecule has 0 aliphatic carbocycles. The van der Waals surface area contributed by atoms with E-state index in [1.807, 2.05) is 24.3 Å². The van der Waals surface area contributed by atoms with Gasteiger partial charge in [0, 0.05) is 55.9 Å². The Morgan fingerprint density at radius 3 is 2.12 bits per heavy atom. The van der Waals surface area contributed by atoms with E-state index < -0.39 is 0 Å². The van der Waals surface area contributed by atoms with Crippen LogP contribution >= 0.6 is 11.6 Å². The first-order valence-electron chi connectivity index (χ1n) is 8.03. The maximum Gasteiger partial charge on any atom is 0.273 e. The predicted octanol–water partition coefficient (Wildman–Crippen LogP) is 3.57. The largest absolute Gasteiger partial charge is 0.297 e. The van der Waals surface area contributed by atoms with E-state index in [1.165, 1.54) is 5.56 Å². The number of hydrogen-bond acceptors (Lipinski definition) is 4. The van der Waals surface area contributed by atoms with Gasteiger partial charge < -0.3 is 0 Å². The van der Waals surface area contributed by atoms with E-state index >= 15 is 0 Å². The molecule has 0 amide bonds. The fourth-order valence-corrected chi connectivity index (χ4v) is 3.14. The van der Waals surface area contributed by atoms with Crippen LogP contribution in [0.4, 0.5) is 5.69 Å². The normalized spacial score (nSPS) is 16.2. The molecule has 2 aromatic carbocycles. The zero-order chi connectivity index (χ0) is 16.9. The standard InChI is InChI=1S/C18H20ClN3O2/c19-17-7-5-15(6-8-17)13-20-9-11-21(12-10-20)14-16-3-1-2-4-18(16)22(23)24/h1-8H,9-14H2. The van der Waals surface area contributed by atoms with Crippen molar-refractivity contribution in [2.24, 2.45) is 0 Å². The van der Waals surface area contributed by atoms with Gasteiger partial charge in [0.1, 0.15) is 0 Å². The predicted molar refractivity (Wildman–Crippen MR) is 95.1 cm³/mol. The Balaban J connectivity index is 1.54. The molecule has 1 aliphatic heterocycles. The number of hydrogen-bond donors (Lipinski definition) is 0. The maximum absolute atomic E-state index is 11.1. The average molecular weight is 346 g/mol. The third-order valence-electron chi connectivity index (χ3n) is 4.37. The van der Waals surface area contributed by atoms with Gasteiger partial charge in [-0.2, -0.15) is 0 Å². The molecule has 3 rings (SSSR count). The lowest BCUT2D eigenvalue weighted by Crippen LogP contribution is -2.45. The van der Waals surface area contributed by atoms with Crippen LogP contribution in [0.1, 0.15) is 11.1 Å². The zero-order valence-corrected chi connectivity index (χ0v) is 14.2. The van der Waals surface area contributed by atoms with E-state index in [-0.39, 0.29) is 10.6 Å². The lowest BCUT2D eigenvalue weighted by molar-refractivity contribution is -0.385. The first-order valence-corrected chi connectivity index (χ1v) is 8.41. The lowest BCUT2D eigenvalue weighted by atomic mass is 10.1. The summed E-state index contributed by atoms with van der Waals surface area (Å²) in [5.41, 5.74) is 2.25. The van der Waals surface area contributed by atoms with Crippen LogP contribution in [0, 0.1) is 10.1 Å². The average Bonchev–Trinajstić information content (AvgIpc) is 2.59. The van der Waals surface area contributed by atoms with Crippen molar-refractivity contribution in [2.75, 3.05) is 26.2 Å². The minimum atomic E-state index is -0.299. The monoisotopic (exact) mass is 345 g/mol. The fourth-order valence-electron chi connectivity index (χ4n) is 3.02. The summed E-state index contributed by atoms with van der Waals surface area (Å²) in [5, 5.41) is 11.9. The van der Waals surface area contributed by atoms with E-state index in [4.69, 9.17) is 11.6 Å². The Morgan fingerprint density at radius 2 is 1.50 bits per heavy atom. The highest BCUT2D eigenvalue weighted by Gasteiger charge is 2.20. The van der Waals surface area contributed by atoms with Gasteiger partial charge in [0.25, 0.3) is 5.69 Å². The van der Waals surface area contributed by atoms with Crippen LogP contribution in [0.5, 0.6) is 0 Å². The highest BCUT2D eigenvalue weighted by atomic mass is 35.5. The summed E-state index contributed by atoms with van der Waals surface area (Å²) >= 11 is 5.92. The van der Waals surface area contributed by atoms with E-state index in [1.54, 1.807) is 12.1 Å². The molecule has 5 nitrogen and oxygen atoms in total. The Morgan fingerprint density at radius 1 is 0.917 bits per heavy atom. The number of nitro benzene ring substituents is 1. The number of halogens is 1. The van der Waals surface area contributed by atoms with Crippen molar-refractivity contribution in [3.63, 3.8) is 0 Å². The van der Waals surface area contributed by atoms with Crippen LogP contribution in [0.3, 0.4) is 0 Å². The van der Waals surface area contributed by atoms with Gasteiger partial charge >= 0.3 is 0 Å². The molecule has 0 aromatic heterocycles. The molecule has 1 saturated heterocycles. The zero-order valence-electron chi connectivity index (χ0n) is 13.4. The smallest absolute Gasteiger partial charge is 0.273 e. The number of piperazine rings is 1. The van der Waals surface area contributed by atoms with Crippen molar-refractivity contribution in [1.29, 1.82) is 0 Å². The number of para-hydroxylation sites is 1. The molecule has 0 atom stereocenters. The van der Waals surface area contributed by atoms with Gasteiger partial charge in [0.2, 0.25) is 0 Å². The summed E-state index contributed by atoms with van der Waals surface area (Å²) in [6, 6.07) is 14.9. The van der Waals surface area contributed by atoms with Crippen LogP contribution in [0.2, 0.25) is 5.02 Å². The second-order valence-corrected chi connectivity index (χ2v) is 6.50. The molecule has 0 bridgehead atoms. The molecule has 0 N–H and O–H groups in total. The van der Waals surface area contributed by atoms with Gasteiger partial charge in [0.15, 0.2) is 0 Å². The topological polar surface area (TPSA) is 49.6 Å². The SMILES string of the molecule is O=[N+]([O-])c1ccccc1CN1CCN(Cc2ccc(Cl)cc2)CC1. The van der Waals surface area contributed by atoms with Crippen molar-refractivity contribution in [3.8, 4) is 0 Å². The van der Waals surface area contributed by atoms with E-state index in [2.05, 4.69) is 21.9 Å². The molecular weight excluding hydrogens is 326 g/mol. The summed E-state index contributed by atoms with van der Waals surface area (Å²) in [6.07, 6.45) is 0. The Kier molecular flexibility index (Phi) is 5.45. The van der Waals surface area contributed by atoms with Crippen LogP contribution in [0.25, 0.3) is 0 Å². The molecule has 1 aliphatic rings. The molecule has 6 heteroatoms. The highest BCUT2D eigenvalue weighted by molar-refractivity contribution is 6.30. The fraction of sp³-hybridized carbons (Fsp3) is 0.333. The van der Waals surface area contributed by atoms with Gasteiger partial charge in [-0.3, -0.25) is 19.9 Å². The summed E-state index contributed by atoms with van der Waals surface area (Å²) in [7, 11) is 0. The Bertz CT molecular complexity index is 698. The molecule has 1 fully saturated rings. The van der Waals surface area contributed by atoms with Crippen molar-refractivity contribution in [2.45, 2.75) is 13.1 Å². The molecule has 0 saturated carbocycles. The summed E-state index contributed by atoms with van der Waals surface area (Å²) in [6.45, 7) is 5.30. The highest BCUT2D eigenvalue weighted by Crippen LogP contribution is 2.20. The van der Waals surface area contributed by atoms with Crippen LogP contribution < -0.4 is 0 Å². The third-order valence-corrected chi connectivity index (χ3v) is 4.62. The number of nitro groups is 1. The molecule has 24 heavy (non-hydrogen) atoms. The lowest BCUT2D eigenvalue weighted by Gasteiger charge is -2.34. The molecule has 0 spiro atoms. The quantitative estimate of drug-likeness (QED) is 0.614. The molecule has 2 aromatic rings. The van der Waals surface area contributed by atoms with Crippen molar-refractivity contribution in [1.82, 2.24) is 9.80 Å². The Hall–Kier alpha value is -1.95. The molecule has 0 unspecified atom stereocenters. The summed E-state index contributed by atoms with van der Waals surface area (Å²) < 4.78 is 0. The molecule has 1 heterocycles. The number of benzene rings is 2. The van der Waals surface area contributed by atoms with Crippen LogP contribution in [-0.4, -0.2) is 40.9 Å². The van der Waals surface area contributed by atoms with Crippen molar-refractivity contribution < 1.29 is 4.92 Å². The molecule has 126 valence electrons. The van der Waals surface area contributed by atoms with Crippen LogP contribution in [0.15, 0.2) is 48.5 Å². The molecular formula is C18H20ClN3O2. The van der Waals surface area contributed by atoms with Gasteiger partial charge in [-0.1, -0.05) is 41.9 Å². The van der Waals surface area contributed by atoms with Gasteiger partial charge in [0.05, 0.1) is 4.92 Å². The van der Waals surface area contributed by atoms with Crippen molar-refractivity contribution >= 4 is 17.3 Å². The van der Waals surface area contributed by atoms with E-state index in [0.29, 0.717) is 6.54 Å². The van der Waals surface area contributed by atoms with Gasteiger partial charge in [-0.15, -0.1) is 0 Å². The van der Waals surface area contributed by atoms with Gasteiger partial charge in [-0.05, 0) is 17.7 Å². The van der Waals surface area contributed by atoms with Gasteiger partial charge in [-0.25, -0.2) is 0 Å². The molecule has 0 radical (unpaired) electrons. The number of nitrogens with zero attached hydrogens (tertiary/aromatic N) is 3. The summed E-state index contributed by atoms with van der Waals surface area (Å²) in [5.74, 6) is 0. The first kappa shape index (κ1) is 16.9. The summed E-state index contributed by atoms with van der Waals surface area (Å²) in [4.78, 5) is 15.5. The third kappa shape index (κ3) is 4.32. The Labute approximate surface area is 146 Å². The second-order valence-electron chi connectivity index (χ2n) is 6.06. The number of rotatable bonds is 5. The van der Waals surface area contributed by atoms with E-state index in [0.717, 1.165) is 43.3 Å². The minimum Gasteiger partial charge on any atom is -0.297 e.